The van der Waals surface area contributed by atoms with Crippen molar-refractivity contribution in [2.45, 2.75) is 0 Å². The Labute approximate surface area is 325 Å². The van der Waals surface area contributed by atoms with Crippen LogP contribution in [0.4, 0.5) is 0 Å². The standard InChI is InChI=1S/C48H30O/c1-2-11-31(12-3-1)37-27-28-38-43-19-10-20-44(48(43)49-45(38)30-37)47-41-17-8-6-15-39(41)46(40-16-7-9-18-42(40)47)34-24-21-33(22-25-34)36-26-23-32-13-4-5-14-35(32)29-36/h1-30H/i1D,2D,3D,4D,5D,6D,7D,8D,9D,10D,11D,12D,13D,14D,15D,16D,17D,18D,19D,20D,21D,23D,24D,25D,26D,27D,28D,29D,30D. The minimum absolute atomic E-state index is 0.494. The van der Waals surface area contributed by atoms with E-state index in [0.717, 1.165) is 6.07 Å². The average Bonchev–Trinajstić information content (AvgIpc) is 3.97. The van der Waals surface area contributed by atoms with E-state index in [1.807, 2.05) is 0 Å². The smallest absolute Gasteiger partial charge is 0.143 e. The van der Waals surface area contributed by atoms with Gasteiger partial charge in [0, 0.05) is 21.9 Å². The molecule has 1 nitrogen and oxygen atoms in total. The third kappa shape index (κ3) is 4.47. The van der Waals surface area contributed by atoms with E-state index in [1.54, 1.807) is 0 Å². The molecule has 49 heavy (non-hydrogen) atoms. The molecule has 0 radical (unpaired) electrons. The van der Waals surface area contributed by atoms with Gasteiger partial charge in [-0.25, -0.2) is 0 Å². The average molecular weight is 652 g/mol. The van der Waals surface area contributed by atoms with Crippen molar-refractivity contribution in [3.63, 3.8) is 0 Å². The first-order chi connectivity index (χ1) is 36.4. The Hall–Kier alpha value is -6.44. The summed E-state index contributed by atoms with van der Waals surface area (Å²) in [6.07, 6.45) is 0. The lowest BCUT2D eigenvalue weighted by atomic mass is 9.85. The van der Waals surface area contributed by atoms with Gasteiger partial charge in [0.15, 0.2) is 0 Å². The van der Waals surface area contributed by atoms with Gasteiger partial charge < -0.3 is 4.42 Å². The summed E-state index contributed by atoms with van der Waals surface area (Å²) in [5.41, 5.74) is -6.78. The van der Waals surface area contributed by atoms with E-state index in [4.69, 9.17) is 30.5 Å². The first kappa shape index (κ1) is 11.3. The topological polar surface area (TPSA) is 13.1 Å². The molecule has 0 aliphatic rings. The normalized spacial score (nSPS) is 20.0. The lowest BCUT2D eigenvalue weighted by Crippen LogP contribution is -1.91. The number of hydrogen-bond donors (Lipinski definition) is 0. The highest BCUT2D eigenvalue weighted by Crippen LogP contribution is 2.47. The van der Waals surface area contributed by atoms with Crippen molar-refractivity contribution in [1.82, 2.24) is 0 Å². The maximum Gasteiger partial charge on any atom is 0.143 e. The predicted molar refractivity (Wildman–Crippen MR) is 208 cm³/mol. The molecule has 0 saturated carbocycles. The Kier molecular flexibility index (Phi) is 2.56. The van der Waals surface area contributed by atoms with E-state index in [2.05, 4.69) is 0 Å². The van der Waals surface area contributed by atoms with Gasteiger partial charge in [0.1, 0.15) is 11.2 Å². The van der Waals surface area contributed by atoms with Crippen molar-refractivity contribution >= 4 is 54.3 Å². The molecule has 1 aromatic heterocycles. The van der Waals surface area contributed by atoms with Crippen LogP contribution in [0.1, 0.15) is 39.8 Å². The summed E-state index contributed by atoms with van der Waals surface area (Å²) in [6, 6.07) is -24.9. The Morgan fingerprint density at radius 2 is 0.939 bits per heavy atom. The van der Waals surface area contributed by atoms with Crippen molar-refractivity contribution < 1.29 is 44.2 Å². The lowest BCUT2D eigenvalue weighted by Gasteiger charge is -2.18. The van der Waals surface area contributed by atoms with Gasteiger partial charge in [-0.15, -0.1) is 0 Å². The molecule has 0 atom stereocenters. The van der Waals surface area contributed by atoms with Crippen molar-refractivity contribution in [1.29, 1.82) is 0 Å². The van der Waals surface area contributed by atoms with Crippen molar-refractivity contribution in [2.75, 3.05) is 0 Å². The number of para-hydroxylation sites is 1. The summed E-state index contributed by atoms with van der Waals surface area (Å²) < 4.78 is 265. The van der Waals surface area contributed by atoms with Crippen LogP contribution in [0.15, 0.2) is 186 Å². The quantitative estimate of drug-likeness (QED) is 0.173. The molecule has 10 aromatic rings. The molecule has 0 aliphatic carbocycles. The Morgan fingerprint density at radius 3 is 1.71 bits per heavy atom. The van der Waals surface area contributed by atoms with Crippen LogP contribution >= 0.6 is 0 Å². The molecule has 1 heteroatoms. The van der Waals surface area contributed by atoms with Gasteiger partial charge in [0.2, 0.25) is 0 Å². The minimum atomic E-state index is -1.01. The van der Waals surface area contributed by atoms with E-state index >= 15 is 0 Å². The van der Waals surface area contributed by atoms with E-state index in [9.17, 15) is 13.7 Å². The summed E-state index contributed by atoms with van der Waals surface area (Å²) in [4.78, 5) is 0. The van der Waals surface area contributed by atoms with Crippen LogP contribution in [0.25, 0.3) is 98.8 Å². The van der Waals surface area contributed by atoms with E-state index in [0.29, 0.717) is 0 Å². The number of benzene rings is 9. The molecule has 10 rings (SSSR count). The van der Waals surface area contributed by atoms with Crippen molar-refractivity contribution in [3.8, 4) is 44.5 Å². The molecule has 0 amide bonds. The third-order valence-corrected chi connectivity index (χ3v) is 7.89. The number of furan rings is 1. The SMILES string of the molecule is [2H]c1cc(-c2c([2H])c([2H])c3c([2H])c([2H])c([2H])c([2H])c3c2[2H])c([2H])c([2H])c1-c1c2c([2H])c([2H])c([2H])c([2H])c2c(-c2c([2H])c([2H])c([2H])c3c2oc2c([2H])c(-c4c([2H])c([2H])c([2H])c([2H])c4[2H])c([2H])c([2H])c23)c2c([2H])c([2H])c([2H])c([2H])c12. The van der Waals surface area contributed by atoms with Crippen LogP contribution in [0, 0.1) is 0 Å². The Balaban J connectivity index is 1.42. The molecule has 0 aliphatic heterocycles. The Bertz CT molecular complexity index is 4430. The zero-order chi connectivity index (χ0) is 57.5. The second-order valence-electron chi connectivity index (χ2n) is 10.6. The Morgan fingerprint density at radius 1 is 0.347 bits per heavy atom. The van der Waals surface area contributed by atoms with E-state index in [-0.39, 0.29) is 0 Å². The highest BCUT2D eigenvalue weighted by atomic mass is 16.3. The zero-order valence-electron chi connectivity index (χ0n) is 53.5. The number of hydrogen-bond acceptors (Lipinski definition) is 1. The third-order valence-electron chi connectivity index (χ3n) is 7.89. The molecule has 228 valence electrons. The molecule has 0 unspecified atom stereocenters. The van der Waals surface area contributed by atoms with Gasteiger partial charge in [0.05, 0.1) is 39.8 Å². The van der Waals surface area contributed by atoms with Gasteiger partial charge in [-0.2, -0.15) is 0 Å². The molecule has 0 saturated heterocycles. The molecule has 0 N–H and O–H groups in total. The van der Waals surface area contributed by atoms with Crippen molar-refractivity contribution in [3.05, 3.63) is 181 Å². The van der Waals surface area contributed by atoms with Crippen LogP contribution in [-0.4, -0.2) is 0 Å². The molecule has 0 spiro atoms. The summed E-state index contributed by atoms with van der Waals surface area (Å²) in [7, 11) is 0. The van der Waals surface area contributed by atoms with Crippen LogP contribution < -0.4 is 0 Å². The monoisotopic (exact) mass is 651 g/mol. The minimum Gasteiger partial charge on any atom is -0.455 e. The fraction of sp³-hybridized carbons (Fsp3) is 0. The maximum atomic E-state index is 9.54. The zero-order valence-corrected chi connectivity index (χ0v) is 24.5. The van der Waals surface area contributed by atoms with Crippen LogP contribution in [0.2, 0.25) is 0 Å². The fourth-order valence-electron chi connectivity index (χ4n) is 5.75. The highest BCUT2D eigenvalue weighted by Gasteiger charge is 2.20. The largest absolute Gasteiger partial charge is 0.455 e. The fourth-order valence-corrected chi connectivity index (χ4v) is 5.75. The van der Waals surface area contributed by atoms with Crippen LogP contribution in [0.5, 0.6) is 0 Å². The highest BCUT2D eigenvalue weighted by molar-refractivity contribution is 6.24. The predicted octanol–water partition coefficient (Wildman–Crippen LogP) is 13.7. The summed E-state index contributed by atoms with van der Waals surface area (Å²) in [5.74, 6) is 0. The van der Waals surface area contributed by atoms with Crippen molar-refractivity contribution in [2.24, 2.45) is 0 Å². The van der Waals surface area contributed by atoms with Gasteiger partial charge in [-0.05, 0) is 83.8 Å². The lowest BCUT2D eigenvalue weighted by molar-refractivity contribution is 0.670. The summed E-state index contributed by atoms with van der Waals surface area (Å²) in [6.45, 7) is 0. The second-order valence-corrected chi connectivity index (χ2v) is 10.6. The maximum absolute atomic E-state index is 9.54. The molecular weight excluding hydrogens is 593 g/mol. The molecular formula is C48H30O. The van der Waals surface area contributed by atoms with E-state index in [1.165, 1.54) is 0 Å². The molecule has 1 heterocycles. The summed E-state index contributed by atoms with van der Waals surface area (Å²) in [5, 5.41) is -4.95. The number of fused-ring (bicyclic) bond motifs is 6. The second kappa shape index (κ2) is 11.1. The first-order valence-electron chi connectivity index (χ1n) is 29.0. The van der Waals surface area contributed by atoms with Crippen LogP contribution in [-0.2, 0) is 0 Å². The molecule has 9 aromatic carbocycles. The number of rotatable bonds is 4. The summed E-state index contributed by atoms with van der Waals surface area (Å²) >= 11 is 0. The molecule has 0 bridgehead atoms. The first-order valence-corrected chi connectivity index (χ1v) is 14.5. The molecule has 0 fully saturated rings. The van der Waals surface area contributed by atoms with E-state index < -0.39 is 274 Å². The van der Waals surface area contributed by atoms with Gasteiger partial charge >= 0.3 is 0 Å². The van der Waals surface area contributed by atoms with Gasteiger partial charge in [0.25, 0.3) is 0 Å². The van der Waals surface area contributed by atoms with Gasteiger partial charge in [-0.3, -0.25) is 0 Å². The van der Waals surface area contributed by atoms with Crippen LogP contribution in [0.3, 0.4) is 0 Å². The van der Waals surface area contributed by atoms with Gasteiger partial charge in [-0.1, -0.05) is 163 Å².